The summed E-state index contributed by atoms with van der Waals surface area (Å²) >= 11 is 3.59. The van der Waals surface area contributed by atoms with Crippen molar-refractivity contribution < 1.29 is 14.8 Å². The second-order valence-corrected chi connectivity index (χ2v) is 12.5. The third-order valence-electron chi connectivity index (χ3n) is 8.99. The molecule has 0 atom stereocenters. The third kappa shape index (κ3) is 4.79. The number of hydrogen-bond donors (Lipinski definition) is 3. The minimum Gasteiger partial charge on any atom is -0.493 e. The molecule has 4 fully saturated rings. The van der Waals surface area contributed by atoms with E-state index in [9.17, 15) is 29.6 Å². The molecular weight excluding hydrogens is 594 g/mol. The van der Waals surface area contributed by atoms with Crippen LogP contribution in [0.25, 0.3) is 5.69 Å². The fourth-order valence-electron chi connectivity index (χ4n) is 7.53. The van der Waals surface area contributed by atoms with Crippen molar-refractivity contribution in [1.82, 2.24) is 15.0 Å². The highest BCUT2D eigenvalue weighted by Gasteiger charge is 2.51. The summed E-state index contributed by atoms with van der Waals surface area (Å²) in [6.45, 7) is 1.55. The second kappa shape index (κ2) is 10.1. The molecular formula is C29H28BrN5O6. The van der Waals surface area contributed by atoms with Crippen LogP contribution in [0.5, 0.6) is 5.88 Å². The van der Waals surface area contributed by atoms with Gasteiger partial charge in [-0.3, -0.25) is 24.7 Å². The van der Waals surface area contributed by atoms with Gasteiger partial charge in [-0.15, -0.1) is 0 Å². The highest BCUT2D eigenvalue weighted by molar-refractivity contribution is 9.10. The predicted molar refractivity (Wildman–Crippen MR) is 155 cm³/mol. The van der Waals surface area contributed by atoms with Crippen molar-refractivity contribution in [2.24, 2.45) is 22.9 Å². The topological polar surface area (TPSA) is 160 Å². The molecule has 4 aliphatic carbocycles. The van der Waals surface area contributed by atoms with Gasteiger partial charge in [-0.2, -0.15) is 5.10 Å². The number of hydrogen-bond acceptors (Lipinski definition) is 7. The number of benzene rings is 2. The zero-order chi connectivity index (χ0) is 29.1. The van der Waals surface area contributed by atoms with Crippen molar-refractivity contribution in [3.05, 3.63) is 94.1 Å². The molecule has 4 bridgehead atoms. The van der Waals surface area contributed by atoms with Crippen LogP contribution in [0.1, 0.15) is 65.6 Å². The van der Waals surface area contributed by atoms with E-state index in [2.05, 4.69) is 31.4 Å². The van der Waals surface area contributed by atoms with E-state index >= 15 is 0 Å². The van der Waals surface area contributed by atoms with E-state index < -0.39 is 28.0 Å². The van der Waals surface area contributed by atoms with Crippen molar-refractivity contribution in [1.29, 1.82) is 0 Å². The lowest BCUT2D eigenvalue weighted by molar-refractivity contribution is -0.385. The molecule has 41 heavy (non-hydrogen) atoms. The average Bonchev–Trinajstić information content (AvgIpc) is 2.90. The standard InChI is InChI=1S/C29H28BrN5O6/c1-15-2-3-19(9-24(15)35(40)41)25(36)33-31-14-21-26(37)32-28(39)34(27(21)38)23-5-4-20(10-22(23)30)29-11-16-6-17(12-29)8-18(7-16)13-29/h2-5,9-10,14,16-18,38H,6-8,11-13H2,1H3,(H,33,36)(H,32,37,39). The Morgan fingerprint density at radius 1 is 1.15 bits per heavy atom. The second-order valence-electron chi connectivity index (χ2n) is 11.7. The molecule has 0 spiro atoms. The zero-order valence-corrected chi connectivity index (χ0v) is 23.8. The maximum Gasteiger partial charge on any atom is 0.335 e. The molecule has 7 rings (SSSR count). The van der Waals surface area contributed by atoms with Gasteiger partial charge in [0, 0.05) is 21.7 Å². The molecule has 3 N–H and O–H groups in total. The summed E-state index contributed by atoms with van der Waals surface area (Å²) < 4.78 is 1.58. The third-order valence-corrected chi connectivity index (χ3v) is 9.62. The Morgan fingerprint density at radius 2 is 1.80 bits per heavy atom. The number of amides is 1. The number of carbonyl (C=O) groups is 1. The normalized spacial score (nSPS) is 24.6. The molecule has 2 aromatic carbocycles. The van der Waals surface area contributed by atoms with Crippen molar-refractivity contribution in [2.75, 3.05) is 0 Å². The first kappa shape index (κ1) is 27.1. The van der Waals surface area contributed by atoms with Gasteiger partial charge < -0.3 is 5.11 Å². The van der Waals surface area contributed by atoms with Crippen molar-refractivity contribution in [2.45, 2.75) is 50.9 Å². The Bertz CT molecular complexity index is 1710. The number of rotatable bonds is 6. The van der Waals surface area contributed by atoms with Gasteiger partial charge in [0.25, 0.3) is 17.2 Å². The summed E-state index contributed by atoms with van der Waals surface area (Å²) in [7, 11) is 0. The van der Waals surface area contributed by atoms with E-state index in [1.165, 1.54) is 56.2 Å². The quantitative estimate of drug-likeness (QED) is 0.209. The molecule has 1 amide bonds. The lowest BCUT2D eigenvalue weighted by Gasteiger charge is -2.57. The lowest BCUT2D eigenvalue weighted by atomic mass is 9.48. The first-order valence-corrected chi connectivity index (χ1v) is 14.3. The monoisotopic (exact) mass is 621 g/mol. The van der Waals surface area contributed by atoms with E-state index in [-0.39, 0.29) is 22.2 Å². The Kier molecular flexibility index (Phi) is 6.68. The Hall–Kier alpha value is -4.06. The number of aromatic amines is 1. The molecule has 12 heteroatoms. The van der Waals surface area contributed by atoms with Crippen molar-refractivity contribution >= 4 is 33.7 Å². The molecule has 212 valence electrons. The molecule has 1 heterocycles. The summed E-state index contributed by atoms with van der Waals surface area (Å²) in [6.07, 6.45) is 8.44. The van der Waals surface area contributed by atoms with Gasteiger partial charge >= 0.3 is 5.69 Å². The lowest BCUT2D eigenvalue weighted by Crippen LogP contribution is -2.48. The highest BCUT2D eigenvalue weighted by Crippen LogP contribution is 2.61. The van der Waals surface area contributed by atoms with Crippen LogP contribution in [0.3, 0.4) is 0 Å². The zero-order valence-electron chi connectivity index (χ0n) is 22.2. The van der Waals surface area contributed by atoms with Crippen LogP contribution in [0.4, 0.5) is 5.69 Å². The summed E-state index contributed by atoms with van der Waals surface area (Å²) in [6, 6.07) is 9.77. The van der Waals surface area contributed by atoms with Gasteiger partial charge in [-0.25, -0.2) is 14.8 Å². The van der Waals surface area contributed by atoms with Gasteiger partial charge in [-0.1, -0.05) is 12.1 Å². The van der Waals surface area contributed by atoms with E-state index in [4.69, 9.17) is 0 Å². The number of nitro groups is 1. The number of aromatic hydroxyl groups is 1. The van der Waals surface area contributed by atoms with Crippen LogP contribution in [-0.2, 0) is 5.41 Å². The van der Waals surface area contributed by atoms with Gasteiger partial charge in [0.05, 0.1) is 16.8 Å². The fourth-order valence-corrected chi connectivity index (χ4v) is 8.08. The number of nitro benzene ring substituents is 1. The Morgan fingerprint density at radius 3 is 2.41 bits per heavy atom. The van der Waals surface area contributed by atoms with Crippen LogP contribution < -0.4 is 16.7 Å². The SMILES string of the molecule is Cc1ccc(C(=O)NN=Cc2c(O)n(-c3ccc(C45CC6CC(CC(C6)C4)C5)cc3Br)c(=O)[nH]c2=O)cc1[N+](=O)[O-]. The minimum atomic E-state index is -0.894. The van der Waals surface area contributed by atoms with Crippen LogP contribution in [0, 0.1) is 34.8 Å². The maximum absolute atomic E-state index is 12.8. The first-order chi connectivity index (χ1) is 19.5. The molecule has 3 aromatic rings. The molecule has 0 unspecified atom stereocenters. The number of nitrogens with zero attached hydrogens (tertiary/aromatic N) is 3. The first-order valence-electron chi connectivity index (χ1n) is 13.5. The summed E-state index contributed by atoms with van der Waals surface area (Å²) in [5.41, 5.74) is 2.00. The van der Waals surface area contributed by atoms with E-state index in [0.717, 1.165) is 34.6 Å². The van der Waals surface area contributed by atoms with Crippen LogP contribution in [0.15, 0.2) is 55.6 Å². The van der Waals surface area contributed by atoms with E-state index in [1.807, 2.05) is 12.1 Å². The predicted octanol–water partition coefficient (Wildman–Crippen LogP) is 4.44. The number of aromatic nitrogens is 2. The molecule has 0 saturated heterocycles. The summed E-state index contributed by atoms with van der Waals surface area (Å²) in [4.78, 5) is 50.6. The number of hydrazone groups is 1. The van der Waals surface area contributed by atoms with Crippen molar-refractivity contribution in [3.8, 4) is 11.6 Å². The van der Waals surface area contributed by atoms with Gasteiger partial charge in [-0.05, 0) is 108 Å². The summed E-state index contributed by atoms with van der Waals surface area (Å²) in [5, 5.41) is 25.9. The Labute approximate surface area is 242 Å². The molecule has 4 aliphatic rings. The largest absolute Gasteiger partial charge is 0.493 e. The molecule has 11 nitrogen and oxygen atoms in total. The number of aryl methyl sites for hydroxylation is 1. The number of carbonyl (C=O) groups excluding carboxylic acids is 1. The highest BCUT2D eigenvalue weighted by atomic mass is 79.9. The van der Waals surface area contributed by atoms with Crippen molar-refractivity contribution in [3.63, 3.8) is 0 Å². The number of halogens is 1. The van der Waals surface area contributed by atoms with Crippen LogP contribution >= 0.6 is 15.9 Å². The van der Waals surface area contributed by atoms with E-state index in [0.29, 0.717) is 15.7 Å². The van der Waals surface area contributed by atoms with E-state index in [1.54, 1.807) is 13.0 Å². The average molecular weight is 622 g/mol. The molecule has 1 aromatic heterocycles. The Balaban J connectivity index is 1.28. The van der Waals surface area contributed by atoms with Crippen LogP contribution in [-0.4, -0.2) is 31.7 Å². The molecule has 0 radical (unpaired) electrons. The van der Waals surface area contributed by atoms with Gasteiger partial charge in [0.15, 0.2) is 0 Å². The minimum absolute atomic E-state index is 0.00871. The van der Waals surface area contributed by atoms with Gasteiger partial charge in [0.1, 0.15) is 5.56 Å². The number of nitrogens with one attached hydrogen (secondary N) is 2. The molecule has 4 saturated carbocycles. The maximum atomic E-state index is 12.8. The summed E-state index contributed by atoms with van der Waals surface area (Å²) in [5.74, 6) is 0.916. The van der Waals surface area contributed by atoms with Gasteiger partial charge in [0.2, 0.25) is 5.88 Å². The fraction of sp³-hybridized carbons (Fsp3) is 0.379. The number of H-pyrrole nitrogens is 1. The smallest absolute Gasteiger partial charge is 0.335 e. The molecule has 0 aliphatic heterocycles. The van der Waals surface area contributed by atoms with Crippen LogP contribution in [0.2, 0.25) is 0 Å².